The predicted molar refractivity (Wildman–Crippen MR) is 86.6 cm³/mol. The van der Waals surface area contributed by atoms with Gasteiger partial charge >= 0.3 is 0 Å². The van der Waals surface area contributed by atoms with E-state index in [0.29, 0.717) is 17.2 Å². The molecule has 0 spiro atoms. The molecule has 1 aliphatic carbocycles. The molecule has 0 amide bonds. The van der Waals surface area contributed by atoms with Crippen molar-refractivity contribution in [1.29, 1.82) is 0 Å². The molecular formula is C19H21NO. The molecule has 0 heterocycles. The van der Waals surface area contributed by atoms with Gasteiger partial charge < -0.3 is 5.73 Å². The SMILES string of the molecule is Nc1ccc(C(=O)c2ccc(C3CCCCC3)cc2)cc1. The van der Waals surface area contributed by atoms with Gasteiger partial charge in [-0.15, -0.1) is 0 Å². The third kappa shape index (κ3) is 3.15. The highest BCUT2D eigenvalue weighted by molar-refractivity contribution is 6.09. The molecule has 2 aromatic carbocycles. The van der Waals surface area contributed by atoms with E-state index in [-0.39, 0.29) is 5.78 Å². The molecule has 2 aromatic rings. The fourth-order valence-corrected chi connectivity index (χ4v) is 3.14. The molecule has 1 saturated carbocycles. The van der Waals surface area contributed by atoms with Crippen LogP contribution in [0.15, 0.2) is 48.5 Å². The number of carbonyl (C=O) groups is 1. The number of nitrogen functional groups attached to an aromatic ring is 1. The topological polar surface area (TPSA) is 43.1 Å². The third-order valence-electron chi connectivity index (χ3n) is 4.42. The van der Waals surface area contributed by atoms with Crippen LogP contribution >= 0.6 is 0 Å². The monoisotopic (exact) mass is 279 g/mol. The Balaban J connectivity index is 1.77. The van der Waals surface area contributed by atoms with Gasteiger partial charge in [0.1, 0.15) is 0 Å². The smallest absolute Gasteiger partial charge is 0.193 e. The molecule has 0 saturated heterocycles. The van der Waals surface area contributed by atoms with Crippen LogP contribution in [0.3, 0.4) is 0 Å². The Hall–Kier alpha value is -2.09. The second-order valence-electron chi connectivity index (χ2n) is 5.91. The summed E-state index contributed by atoms with van der Waals surface area (Å²) in [6.45, 7) is 0. The van der Waals surface area contributed by atoms with Crippen LogP contribution in [0.1, 0.15) is 59.5 Å². The molecule has 108 valence electrons. The van der Waals surface area contributed by atoms with E-state index >= 15 is 0 Å². The van der Waals surface area contributed by atoms with E-state index in [4.69, 9.17) is 5.73 Å². The lowest BCUT2D eigenvalue weighted by Gasteiger charge is -2.22. The van der Waals surface area contributed by atoms with Crippen molar-refractivity contribution in [1.82, 2.24) is 0 Å². The third-order valence-corrected chi connectivity index (χ3v) is 4.42. The van der Waals surface area contributed by atoms with Crippen molar-refractivity contribution in [2.45, 2.75) is 38.0 Å². The second-order valence-corrected chi connectivity index (χ2v) is 5.91. The Bertz CT molecular complexity index is 607. The van der Waals surface area contributed by atoms with Gasteiger partial charge in [0, 0.05) is 16.8 Å². The van der Waals surface area contributed by atoms with Crippen LogP contribution in [0.5, 0.6) is 0 Å². The van der Waals surface area contributed by atoms with Crippen molar-refractivity contribution in [2.24, 2.45) is 0 Å². The van der Waals surface area contributed by atoms with Crippen molar-refractivity contribution in [3.8, 4) is 0 Å². The van der Waals surface area contributed by atoms with Gasteiger partial charge in [0.2, 0.25) is 0 Å². The quantitative estimate of drug-likeness (QED) is 0.661. The first-order chi connectivity index (χ1) is 10.2. The zero-order valence-corrected chi connectivity index (χ0v) is 12.2. The molecule has 21 heavy (non-hydrogen) atoms. The number of carbonyl (C=O) groups excluding carboxylic acids is 1. The van der Waals surface area contributed by atoms with Crippen molar-refractivity contribution in [3.63, 3.8) is 0 Å². The van der Waals surface area contributed by atoms with Crippen LogP contribution in [-0.2, 0) is 0 Å². The maximum absolute atomic E-state index is 12.4. The van der Waals surface area contributed by atoms with Crippen LogP contribution in [-0.4, -0.2) is 5.78 Å². The Labute approximate surface area is 126 Å². The number of hydrogen-bond donors (Lipinski definition) is 1. The molecule has 0 bridgehead atoms. The molecule has 2 N–H and O–H groups in total. The normalized spacial score (nSPS) is 15.8. The number of anilines is 1. The summed E-state index contributed by atoms with van der Waals surface area (Å²) < 4.78 is 0. The summed E-state index contributed by atoms with van der Waals surface area (Å²) in [6.07, 6.45) is 6.59. The maximum atomic E-state index is 12.4. The lowest BCUT2D eigenvalue weighted by Crippen LogP contribution is -2.06. The van der Waals surface area contributed by atoms with Gasteiger partial charge in [-0.25, -0.2) is 0 Å². The summed E-state index contributed by atoms with van der Waals surface area (Å²) in [5, 5.41) is 0. The zero-order chi connectivity index (χ0) is 14.7. The zero-order valence-electron chi connectivity index (χ0n) is 12.2. The summed E-state index contributed by atoms with van der Waals surface area (Å²) in [5.41, 5.74) is 9.15. The average molecular weight is 279 g/mol. The van der Waals surface area contributed by atoms with E-state index in [1.54, 1.807) is 24.3 Å². The first-order valence-electron chi connectivity index (χ1n) is 7.74. The molecule has 1 aliphatic rings. The number of hydrogen-bond acceptors (Lipinski definition) is 2. The molecule has 1 fully saturated rings. The Morgan fingerprint density at radius 3 is 1.90 bits per heavy atom. The summed E-state index contributed by atoms with van der Waals surface area (Å²) in [6, 6.07) is 15.3. The number of ketones is 1. The highest BCUT2D eigenvalue weighted by atomic mass is 16.1. The molecule has 0 atom stereocenters. The summed E-state index contributed by atoms with van der Waals surface area (Å²) >= 11 is 0. The van der Waals surface area contributed by atoms with Gasteiger partial charge in [-0.3, -0.25) is 4.79 Å². The van der Waals surface area contributed by atoms with Gasteiger partial charge in [-0.2, -0.15) is 0 Å². The second kappa shape index (κ2) is 6.13. The minimum absolute atomic E-state index is 0.0604. The predicted octanol–water partition coefficient (Wildman–Crippen LogP) is 4.55. The standard InChI is InChI=1S/C19H21NO/c20-18-12-10-17(11-13-18)19(21)16-8-6-15(7-9-16)14-4-2-1-3-5-14/h6-14H,1-5,20H2. The van der Waals surface area contributed by atoms with Crippen molar-refractivity contribution >= 4 is 11.5 Å². The molecule has 0 aromatic heterocycles. The first kappa shape index (κ1) is 13.9. The van der Waals surface area contributed by atoms with Crippen LogP contribution in [0, 0.1) is 0 Å². The minimum atomic E-state index is 0.0604. The average Bonchev–Trinajstić information content (AvgIpc) is 2.56. The van der Waals surface area contributed by atoms with Crippen molar-refractivity contribution in [3.05, 3.63) is 65.2 Å². The largest absolute Gasteiger partial charge is 0.399 e. The molecule has 0 aliphatic heterocycles. The summed E-state index contributed by atoms with van der Waals surface area (Å²) in [5.74, 6) is 0.740. The Morgan fingerprint density at radius 1 is 0.810 bits per heavy atom. The fraction of sp³-hybridized carbons (Fsp3) is 0.316. The molecule has 0 unspecified atom stereocenters. The lowest BCUT2D eigenvalue weighted by atomic mass is 9.84. The van der Waals surface area contributed by atoms with Crippen LogP contribution in [0.2, 0.25) is 0 Å². The first-order valence-corrected chi connectivity index (χ1v) is 7.74. The van der Waals surface area contributed by atoms with Crippen LogP contribution in [0.4, 0.5) is 5.69 Å². The number of rotatable bonds is 3. The van der Waals surface area contributed by atoms with E-state index in [1.807, 2.05) is 12.1 Å². The van der Waals surface area contributed by atoms with Crippen molar-refractivity contribution < 1.29 is 4.79 Å². The summed E-state index contributed by atoms with van der Waals surface area (Å²) in [4.78, 5) is 12.4. The van der Waals surface area contributed by atoms with E-state index in [0.717, 1.165) is 5.56 Å². The number of nitrogens with two attached hydrogens (primary N) is 1. The summed E-state index contributed by atoms with van der Waals surface area (Å²) in [7, 11) is 0. The molecule has 3 rings (SSSR count). The van der Waals surface area contributed by atoms with Crippen molar-refractivity contribution in [2.75, 3.05) is 5.73 Å². The van der Waals surface area contributed by atoms with Crippen LogP contribution < -0.4 is 5.73 Å². The van der Waals surface area contributed by atoms with Gasteiger partial charge in [0.15, 0.2) is 5.78 Å². The lowest BCUT2D eigenvalue weighted by molar-refractivity contribution is 0.103. The number of benzene rings is 2. The van der Waals surface area contributed by atoms with E-state index in [2.05, 4.69) is 12.1 Å². The molecule has 2 nitrogen and oxygen atoms in total. The van der Waals surface area contributed by atoms with E-state index in [1.165, 1.54) is 37.7 Å². The van der Waals surface area contributed by atoms with E-state index in [9.17, 15) is 4.79 Å². The van der Waals surface area contributed by atoms with Gasteiger partial charge in [-0.1, -0.05) is 43.5 Å². The van der Waals surface area contributed by atoms with Gasteiger partial charge in [-0.05, 0) is 48.6 Å². The van der Waals surface area contributed by atoms with Crippen LogP contribution in [0.25, 0.3) is 0 Å². The highest BCUT2D eigenvalue weighted by Gasteiger charge is 2.16. The Kier molecular flexibility index (Phi) is 4.05. The van der Waals surface area contributed by atoms with Gasteiger partial charge in [0.05, 0.1) is 0 Å². The molecule has 2 heteroatoms. The van der Waals surface area contributed by atoms with E-state index < -0.39 is 0 Å². The maximum Gasteiger partial charge on any atom is 0.193 e. The minimum Gasteiger partial charge on any atom is -0.399 e. The molecular weight excluding hydrogens is 258 g/mol. The fourth-order valence-electron chi connectivity index (χ4n) is 3.14. The highest BCUT2D eigenvalue weighted by Crippen LogP contribution is 2.32. The molecule has 0 radical (unpaired) electrons. The Morgan fingerprint density at radius 2 is 1.33 bits per heavy atom. The van der Waals surface area contributed by atoms with Gasteiger partial charge in [0.25, 0.3) is 0 Å².